The molecule has 0 aromatic heterocycles. The molecule has 0 spiro atoms. The Morgan fingerprint density at radius 1 is 1.00 bits per heavy atom. The Kier molecular flexibility index (Phi) is 5.84. The van der Waals surface area contributed by atoms with Crippen LogP contribution in [0.4, 0.5) is 5.69 Å². The third-order valence-corrected chi connectivity index (χ3v) is 5.57. The van der Waals surface area contributed by atoms with Gasteiger partial charge in [-0.2, -0.15) is 0 Å². The van der Waals surface area contributed by atoms with Crippen molar-refractivity contribution in [1.29, 1.82) is 0 Å². The van der Waals surface area contributed by atoms with Gasteiger partial charge in [-0.3, -0.25) is 9.10 Å². The zero-order valence-electron chi connectivity index (χ0n) is 15.8. The van der Waals surface area contributed by atoms with Gasteiger partial charge >= 0.3 is 0 Å². The minimum atomic E-state index is -3.47. The molecule has 146 valence electrons. The van der Waals surface area contributed by atoms with Gasteiger partial charge in [-0.15, -0.1) is 0 Å². The van der Waals surface area contributed by atoms with Crippen LogP contribution >= 0.6 is 0 Å². The van der Waals surface area contributed by atoms with Gasteiger partial charge in [0.2, 0.25) is 10.0 Å². The number of benzene rings is 3. The number of rotatable bonds is 7. The lowest BCUT2D eigenvalue weighted by molar-refractivity contribution is 0.0948. The molecule has 6 nitrogen and oxygen atoms in total. The molecule has 0 atom stereocenters. The van der Waals surface area contributed by atoms with Crippen molar-refractivity contribution in [2.24, 2.45) is 0 Å². The molecule has 7 heteroatoms. The first-order valence-corrected chi connectivity index (χ1v) is 10.6. The molecule has 0 unspecified atom stereocenters. The minimum Gasteiger partial charge on any atom is -0.491 e. The second-order valence-corrected chi connectivity index (χ2v) is 8.34. The summed E-state index contributed by atoms with van der Waals surface area (Å²) >= 11 is 0. The number of carbonyl (C=O) groups excluding carboxylic acids is 1. The molecule has 0 bridgehead atoms. The van der Waals surface area contributed by atoms with Crippen LogP contribution in [0, 0.1) is 0 Å². The lowest BCUT2D eigenvalue weighted by atomic mass is 10.1. The smallest absolute Gasteiger partial charge is 0.253 e. The fourth-order valence-electron chi connectivity index (χ4n) is 2.86. The van der Waals surface area contributed by atoms with Gasteiger partial charge in [-0.25, -0.2) is 8.42 Å². The van der Waals surface area contributed by atoms with Crippen LogP contribution in [-0.4, -0.2) is 40.8 Å². The molecule has 1 amide bonds. The monoisotopic (exact) mass is 398 g/mol. The second kappa shape index (κ2) is 8.31. The number of hydrogen-bond acceptors (Lipinski definition) is 4. The summed E-state index contributed by atoms with van der Waals surface area (Å²) in [6.07, 6.45) is 1.10. The quantitative estimate of drug-likeness (QED) is 0.621. The van der Waals surface area contributed by atoms with E-state index in [1.165, 1.54) is 7.05 Å². The van der Waals surface area contributed by atoms with Crippen LogP contribution in [0.15, 0.2) is 66.7 Å². The van der Waals surface area contributed by atoms with Crippen LogP contribution in [0.2, 0.25) is 0 Å². The largest absolute Gasteiger partial charge is 0.491 e. The fourth-order valence-corrected chi connectivity index (χ4v) is 3.38. The summed E-state index contributed by atoms with van der Waals surface area (Å²) in [6.45, 7) is 0.586. The topological polar surface area (TPSA) is 75.7 Å². The number of carbonyl (C=O) groups is 1. The fraction of sp³-hybridized carbons (Fsp3) is 0.190. The van der Waals surface area contributed by atoms with E-state index in [0.717, 1.165) is 27.1 Å². The highest BCUT2D eigenvalue weighted by atomic mass is 32.2. The predicted molar refractivity (Wildman–Crippen MR) is 111 cm³/mol. The van der Waals surface area contributed by atoms with E-state index in [2.05, 4.69) is 5.32 Å². The van der Waals surface area contributed by atoms with Crippen molar-refractivity contribution in [2.45, 2.75) is 0 Å². The molecule has 0 aliphatic rings. The zero-order chi connectivity index (χ0) is 20.1. The molecule has 0 aliphatic heterocycles. The highest BCUT2D eigenvalue weighted by Crippen LogP contribution is 2.25. The first kappa shape index (κ1) is 19.7. The normalized spacial score (nSPS) is 11.2. The average Bonchev–Trinajstić information content (AvgIpc) is 2.70. The van der Waals surface area contributed by atoms with Crippen molar-refractivity contribution in [3.05, 3.63) is 72.3 Å². The van der Waals surface area contributed by atoms with Crippen LogP contribution in [0.3, 0.4) is 0 Å². The van der Waals surface area contributed by atoms with E-state index in [-0.39, 0.29) is 5.91 Å². The summed E-state index contributed by atoms with van der Waals surface area (Å²) < 4.78 is 30.5. The standard InChI is InChI=1S/C21H22N2O4S/c1-23(28(2,25)26)19-12-6-5-11-18(19)21(24)22-14-15-27-20-13-7-9-16-8-3-4-10-17(16)20/h3-13H,14-15H2,1-2H3,(H,22,24). The Morgan fingerprint density at radius 2 is 1.68 bits per heavy atom. The summed E-state index contributed by atoms with van der Waals surface area (Å²) in [5, 5.41) is 4.87. The van der Waals surface area contributed by atoms with Crippen LogP contribution in [0.5, 0.6) is 5.75 Å². The second-order valence-electron chi connectivity index (χ2n) is 6.33. The maximum atomic E-state index is 12.5. The Hall–Kier alpha value is -3.06. The van der Waals surface area contributed by atoms with E-state index in [0.29, 0.717) is 24.4 Å². The van der Waals surface area contributed by atoms with Crippen LogP contribution in [-0.2, 0) is 10.0 Å². The number of amides is 1. The lowest BCUT2D eigenvalue weighted by Crippen LogP contribution is -2.31. The van der Waals surface area contributed by atoms with Gasteiger partial charge in [0.1, 0.15) is 12.4 Å². The van der Waals surface area contributed by atoms with Crippen molar-refractivity contribution in [2.75, 3.05) is 30.8 Å². The highest BCUT2D eigenvalue weighted by molar-refractivity contribution is 7.92. The summed E-state index contributed by atoms with van der Waals surface area (Å²) in [7, 11) is -2.04. The summed E-state index contributed by atoms with van der Waals surface area (Å²) in [4.78, 5) is 12.5. The lowest BCUT2D eigenvalue weighted by Gasteiger charge is -2.19. The number of hydrogen-bond donors (Lipinski definition) is 1. The van der Waals surface area contributed by atoms with Crippen molar-refractivity contribution in [1.82, 2.24) is 5.32 Å². The van der Waals surface area contributed by atoms with Gasteiger partial charge in [0.15, 0.2) is 0 Å². The van der Waals surface area contributed by atoms with Gasteiger partial charge < -0.3 is 10.1 Å². The molecule has 0 saturated heterocycles. The summed E-state index contributed by atoms with van der Waals surface area (Å²) in [5.41, 5.74) is 0.623. The van der Waals surface area contributed by atoms with Crippen LogP contribution < -0.4 is 14.4 Å². The molecule has 0 saturated carbocycles. The zero-order valence-corrected chi connectivity index (χ0v) is 16.6. The maximum absolute atomic E-state index is 12.5. The van der Waals surface area contributed by atoms with Gasteiger partial charge in [0.25, 0.3) is 5.91 Å². The summed E-state index contributed by atoms with van der Waals surface area (Å²) in [6, 6.07) is 20.3. The molecule has 0 fully saturated rings. The molecule has 0 aliphatic carbocycles. The third kappa shape index (κ3) is 4.43. The molecule has 3 aromatic rings. The number of nitrogens with one attached hydrogen (secondary N) is 1. The van der Waals surface area contributed by atoms with Gasteiger partial charge in [-0.1, -0.05) is 48.5 Å². The highest BCUT2D eigenvalue weighted by Gasteiger charge is 2.19. The first-order valence-electron chi connectivity index (χ1n) is 8.79. The minimum absolute atomic E-state index is 0.291. The molecule has 1 N–H and O–H groups in total. The van der Waals surface area contributed by atoms with E-state index >= 15 is 0 Å². The summed E-state index contributed by atoms with van der Waals surface area (Å²) in [5.74, 6) is 0.400. The van der Waals surface area contributed by atoms with E-state index < -0.39 is 10.0 Å². The van der Waals surface area contributed by atoms with E-state index in [1.807, 2.05) is 42.5 Å². The Morgan fingerprint density at radius 3 is 2.46 bits per heavy atom. The molecule has 0 heterocycles. The van der Waals surface area contributed by atoms with Crippen molar-refractivity contribution in [3.63, 3.8) is 0 Å². The van der Waals surface area contributed by atoms with Gasteiger partial charge in [0.05, 0.1) is 24.1 Å². The van der Waals surface area contributed by atoms with E-state index in [9.17, 15) is 13.2 Å². The van der Waals surface area contributed by atoms with Crippen LogP contribution in [0.1, 0.15) is 10.4 Å². The van der Waals surface area contributed by atoms with Crippen LogP contribution in [0.25, 0.3) is 10.8 Å². The number of fused-ring (bicyclic) bond motifs is 1. The van der Waals surface area contributed by atoms with Crippen molar-refractivity contribution in [3.8, 4) is 5.75 Å². The number of sulfonamides is 1. The average molecular weight is 398 g/mol. The van der Waals surface area contributed by atoms with E-state index in [1.54, 1.807) is 24.3 Å². The number of para-hydroxylation sites is 1. The molecule has 3 rings (SSSR count). The molecular formula is C21H22N2O4S. The first-order chi connectivity index (χ1) is 13.4. The van der Waals surface area contributed by atoms with E-state index in [4.69, 9.17) is 4.74 Å². The van der Waals surface area contributed by atoms with Gasteiger partial charge in [-0.05, 0) is 23.6 Å². The molecule has 3 aromatic carbocycles. The van der Waals surface area contributed by atoms with Gasteiger partial charge in [0, 0.05) is 12.4 Å². The molecular weight excluding hydrogens is 376 g/mol. The third-order valence-electron chi connectivity index (χ3n) is 4.38. The number of nitrogens with zero attached hydrogens (tertiary/aromatic N) is 1. The molecule has 0 radical (unpaired) electrons. The molecule has 28 heavy (non-hydrogen) atoms. The Bertz CT molecular complexity index is 1090. The number of ether oxygens (including phenoxy) is 1. The SMILES string of the molecule is CN(c1ccccc1C(=O)NCCOc1cccc2ccccc12)S(C)(=O)=O. The predicted octanol–water partition coefficient (Wildman–Crippen LogP) is 3.04. The maximum Gasteiger partial charge on any atom is 0.253 e. The Labute approximate surface area is 164 Å². The van der Waals surface area contributed by atoms with Crippen molar-refractivity contribution < 1.29 is 17.9 Å². The van der Waals surface area contributed by atoms with Crippen molar-refractivity contribution >= 4 is 32.4 Å². The number of anilines is 1. The Balaban J connectivity index is 1.64.